The number of hydrogen-bond acceptors (Lipinski definition) is 3. The van der Waals surface area contributed by atoms with E-state index in [-0.39, 0.29) is 10.7 Å². The van der Waals surface area contributed by atoms with Gasteiger partial charge >= 0.3 is 12.1 Å². The monoisotopic (exact) mass is 265 g/mol. The van der Waals surface area contributed by atoms with Gasteiger partial charge in [-0.3, -0.25) is 4.98 Å². The number of carbonyl (C=O) groups excluding carboxylic acids is 1. The molecule has 1 rings (SSSR count). The van der Waals surface area contributed by atoms with E-state index in [9.17, 15) is 18.0 Å². The lowest BCUT2D eigenvalue weighted by Crippen LogP contribution is -2.05. The molecule has 1 aromatic rings. The Morgan fingerprint density at radius 1 is 1.53 bits per heavy atom. The second kappa shape index (κ2) is 5.18. The van der Waals surface area contributed by atoms with E-state index in [0.717, 1.165) is 12.1 Å². The van der Waals surface area contributed by atoms with Crippen molar-refractivity contribution in [1.82, 2.24) is 4.98 Å². The van der Waals surface area contributed by atoms with Crippen LogP contribution < -0.4 is 0 Å². The third kappa shape index (κ3) is 3.74. The van der Waals surface area contributed by atoms with Crippen LogP contribution in [0.5, 0.6) is 0 Å². The number of rotatable bonds is 2. The molecule has 0 unspecified atom stereocenters. The summed E-state index contributed by atoms with van der Waals surface area (Å²) in [7, 11) is 1.18. The van der Waals surface area contributed by atoms with Gasteiger partial charge in [0.1, 0.15) is 0 Å². The minimum absolute atomic E-state index is 0.0602. The third-order valence-corrected chi connectivity index (χ3v) is 2.08. The zero-order valence-corrected chi connectivity index (χ0v) is 9.34. The molecule has 0 saturated heterocycles. The number of halogens is 4. The van der Waals surface area contributed by atoms with Gasteiger partial charge in [0.2, 0.25) is 0 Å². The normalized spacial score (nSPS) is 11.8. The summed E-state index contributed by atoms with van der Waals surface area (Å²) in [4.78, 5) is 14.3. The van der Waals surface area contributed by atoms with Crippen molar-refractivity contribution in [2.75, 3.05) is 7.11 Å². The highest BCUT2D eigenvalue weighted by Gasteiger charge is 2.31. The molecule has 0 aliphatic carbocycles. The first-order valence-electron chi connectivity index (χ1n) is 4.33. The largest absolute Gasteiger partial charge is 0.466 e. The predicted octanol–water partition coefficient (Wildman–Crippen LogP) is 2.94. The number of hydrogen-bond donors (Lipinski definition) is 0. The first kappa shape index (κ1) is 13.5. The first-order chi connectivity index (χ1) is 7.84. The lowest BCUT2D eigenvalue weighted by atomic mass is 10.2. The molecule has 0 atom stereocenters. The molecule has 1 aromatic heterocycles. The first-order valence-corrected chi connectivity index (χ1v) is 4.71. The number of aromatic nitrogens is 1. The van der Waals surface area contributed by atoms with Crippen LogP contribution in [-0.4, -0.2) is 18.1 Å². The molecule has 0 N–H and O–H groups in total. The molecule has 1 heterocycles. The summed E-state index contributed by atoms with van der Waals surface area (Å²) >= 11 is 5.60. The number of methoxy groups -OCH3 is 1. The number of esters is 1. The Bertz CT molecular complexity index is 457. The molecule has 0 spiro atoms. The van der Waals surface area contributed by atoms with Crippen molar-refractivity contribution in [2.24, 2.45) is 0 Å². The lowest BCUT2D eigenvalue weighted by molar-refractivity contribution is -0.138. The Kier molecular flexibility index (Phi) is 4.11. The highest BCUT2D eigenvalue weighted by atomic mass is 35.5. The van der Waals surface area contributed by atoms with Gasteiger partial charge in [0.25, 0.3) is 0 Å². The summed E-state index contributed by atoms with van der Waals surface area (Å²) < 4.78 is 41.1. The van der Waals surface area contributed by atoms with E-state index in [4.69, 9.17) is 11.6 Å². The summed E-state index contributed by atoms with van der Waals surface area (Å²) in [5, 5.41) is -0.194. The summed E-state index contributed by atoms with van der Waals surface area (Å²) in [6.07, 6.45) is -1.67. The van der Waals surface area contributed by atoms with Gasteiger partial charge in [0.15, 0.2) is 0 Å². The van der Waals surface area contributed by atoms with Gasteiger partial charge in [-0.15, -0.1) is 0 Å². The van der Waals surface area contributed by atoms with Gasteiger partial charge in [-0.25, -0.2) is 4.79 Å². The van der Waals surface area contributed by atoms with Gasteiger partial charge < -0.3 is 4.74 Å². The second-order valence-corrected chi connectivity index (χ2v) is 3.35. The molecule has 3 nitrogen and oxygen atoms in total. The van der Waals surface area contributed by atoms with Crippen molar-refractivity contribution in [3.05, 3.63) is 34.6 Å². The molecular formula is C10H7ClF3NO2. The Morgan fingerprint density at radius 3 is 2.65 bits per heavy atom. The van der Waals surface area contributed by atoms with E-state index in [2.05, 4.69) is 9.72 Å². The molecule has 92 valence electrons. The molecule has 0 aromatic carbocycles. The maximum atomic E-state index is 12.3. The SMILES string of the molecule is COC(=O)C=Cc1ncc(C(F)(F)F)cc1Cl. The highest BCUT2D eigenvalue weighted by Crippen LogP contribution is 2.31. The maximum absolute atomic E-state index is 12.3. The summed E-state index contributed by atoms with van der Waals surface area (Å²) in [6.45, 7) is 0. The number of pyridine rings is 1. The minimum atomic E-state index is -4.50. The van der Waals surface area contributed by atoms with Gasteiger partial charge in [-0.2, -0.15) is 13.2 Å². The lowest BCUT2D eigenvalue weighted by Gasteiger charge is -2.06. The van der Waals surface area contributed by atoms with Crippen molar-refractivity contribution in [3.63, 3.8) is 0 Å². The van der Waals surface area contributed by atoms with E-state index >= 15 is 0 Å². The molecule has 0 aliphatic rings. The van der Waals surface area contributed by atoms with E-state index in [1.165, 1.54) is 13.2 Å². The van der Waals surface area contributed by atoms with Crippen LogP contribution in [0.3, 0.4) is 0 Å². The number of carbonyl (C=O) groups is 1. The Morgan fingerprint density at radius 2 is 2.18 bits per heavy atom. The smallest absolute Gasteiger partial charge is 0.417 e. The fourth-order valence-corrected chi connectivity index (χ4v) is 1.17. The van der Waals surface area contributed by atoms with Crippen molar-refractivity contribution in [1.29, 1.82) is 0 Å². The summed E-state index contributed by atoms with van der Waals surface area (Å²) in [5.74, 6) is -0.650. The third-order valence-electron chi connectivity index (χ3n) is 1.78. The van der Waals surface area contributed by atoms with Crippen LogP contribution in [0.1, 0.15) is 11.3 Å². The van der Waals surface area contributed by atoms with Crippen LogP contribution in [0.25, 0.3) is 6.08 Å². The molecule has 17 heavy (non-hydrogen) atoms. The fraction of sp³-hybridized carbons (Fsp3) is 0.200. The molecule has 0 radical (unpaired) electrons. The van der Waals surface area contributed by atoms with Crippen molar-refractivity contribution >= 4 is 23.6 Å². The van der Waals surface area contributed by atoms with Gasteiger partial charge in [-0.1, -0.05) is 11.6 Å². The van der Waals surface area contributed by atoms with E-state index in [1.54, 1.807) is 0 Å². The van der Waals surface area contributed by atoms with Crippen molar-refractivity contribution in [3.8, 4) is 0 Å². The average Bonchev–Trinajstić information content (AvgIpc) is 2.25. The number of nitrogens with zero attached hydrogens (tertiary/aromatic N) is 1. The minimum Gasteiger partial charge on any atom is -0.466 e. The van der Waals surface area contributed by atoms with Gasteiger partial charge in [0, 0.05) is 12.3 Å². The Labute approximate surface area is 99.9 Å². The molecular weight excluding hydrogens is 259 g/mol. The molecule has 7 heteroatoms. The zero-order valence-electron chi connectivity index (χ0n) is 8.58. The zero-order chi connectivity index (χ0) is 13.1. The van der Waals surface area contributed by atoms with Crippen LogP contribution in [-0.2, 0) is 15.7 Å². The van der Waals surface area contributed by atoms with Crippen LogP contribution in [0, 0.1) is 0 Å². The summed E-state index contributed by atoms with van der Waals surface area (Å²) in [6, 6.07) is 0.742. The van der Waals surface area contributed by atoms with E-state index < -0.39 is 17.7 Å². The highest BCUT2D eigenvalue weighted by molar-refractivity contribution is 6.32. The standard InChI is InChI=1S/C10H7ClF3NO2/c1-17-9(16)3-2-8-7(11)4-6(5-15-8)10(12,13)14/h2-5H,1H3. The van der Waals surface area contributed by atoms with Crippen molar-refractivity contribution < 1.29 is 22.7 Å². The molecule has 0 saturated carbocycles. The topological polar surface area (TPSA) is 39.2 Å². The maximum Gasteiger partial charge on any atom is 0.417 e. The Hall–Kier alpha value is -1.56. The molecule has 0 bridgehead atoms. The van der Waals surface area contributed by atoms with Crippen LogP contribution in [0.15, 0.2) is 18.3 Å². The molecule has 0 aliphatic heterocycles. The average molecular weight is 266 g/mol. The van der Waals surface area contributed by atoms with Gasteiger partial charge in [0.05, 0.1) is 23.4 Å². The van der Waals surface area contributed by atoms with E-state index in [0.29, 0.717) is 6.20 Å². The van der Waals surface area contributed by atoms with Gasteiger partial charge in [-0.05, 0) is 12.1 Å². The molecule has 0 amide bonds. The Balaban J connectivity index is 2.99. The van der Waals surface area contributed by atoms with E-state index in [1.807, 2.05) is 0 Å². The molecule has 0 fully saturated rings. The number of ether oxygens (including phenoxy) is 1. The summed E-state index contributed by atoms with van der Waals surface area (Å²) in [5.41, 5.74) is -0.886. The van der Waals surface area contributed by atoms with Crippen molar-refractivity contribution in [2.45, 2.75) is 6.18 Å². The predicted molar refractivity (Wildman–Crippen MR) is 55.3 cm³/mol. The van der Waals surface area contributed by atoms with Crippen LogP contribution >= 0.6 is 11.6 Å². The van der Waals surface area contributed by atoms with Crippen LogP contribution in [0.4, 0.5) is 13.2 Å². The number of alkyl halides is 3. The quantitative estimate of drug-likeness (QED) is 0.610. The fourth-order valence-electron chi connectivity index (χ4n) is 0.941. The second-order valence-electron chi connectivity index (χ2n) is 2.95. The van der Waals surface area contributed by atoms with Crippen LogP contribution in [0.2, 0.25) is 5.02 Å².